The van der Waals surface area contributed by atoms with Crippen molar-refractivity contribution < 1.29 is 23.4 Å². The number of aryl methyl sites for hydroxylation is 1. The first-order chi connectivity index (χ1) is 16.3. The number of anilines is 2. The second-order valence-corrected chi connectivity index (χ2v) is 7.92. The van der Waals surface area contributed by atoms with Gasteiger partial charge in [-0.3, -0.25) is 0 Å². The largest absolute Gasteiger partial charge is 0.457 e. The van der Waals surface area contributed by atoms with Crippen LogP contribution in [-0.2, 0) is 17.2 Å². The van der Waals surface area contributed by atoms with Gasteiger partial charge >= 0.3 is 0 Å². The summed E-state index contributed by atoms with van der Waals surface area (Å²) in [6.07, 6.45) is 3.42. The molecule has 0 aliphatic rings. The van der Waals surface area contributed by atoms with Gasteiger partial charge in [-0.1, -0.05) is 12.1 Å². The van der Waals surface area contributed by atoms with Crippen LogP contribution in [0, 0.1) is 6.92 Å². The molecule has 2 aromatic carbocycles. The number of fused-ring (bicyclic) bond motifs is 1. The number of hydrogen-bond donors (Lipinski definition) is 2. The van der Waals surface area contributed by atoms with E-state index in [4.69, 9.17) is 14.6 Å². The highest BCUT2D eigenvalue weighted by molar-refractivity contribution is 5.88. The minimum Gasteiger partial charge on any atom is -0.457 e. The lowest BCUT2D eigenvalue weighted by Crippen LogP contribution is -2.09. The van der Waals surface area contributed by atoms with Crippen LogP contribution in [-0.4, -0.2) is 39.5 Å². The topological polar surface area (TPSA) is 81.4 Å². The molecule has 0 bridgehead atoms. The van der Waals surface area contributed by atoms with Crippen molar-refractivity contribution in [3.8, 4) is 11.5 Å². The van der Waals surface area contributed by atoms with E-state index < -0.39 is 5.92 Å². The van der Waals surface area contributed by atoms with Crippen molar-refractivity contribution in [2.45, 2.75) is 26.3 Å². The summed E-state index contributed by atoms with van der Waals surface area (Å²) in [5.41, 5.74) is 3.16. The van der Waals surface area contributed by atoms with Gasteiger partial charge in [0.15, 0.2) is 5.82 Å². The van der Waals surface area contributed by atoms with Crippen molar-refractivity contribution in [2.24, 2.45) is 0 Å². The average Bonchev–Trinajstić information content (AvgIpc) is 3.22. The molecule has 0 radical (unpaired) electrons. The van der Waals surface area contributed by atoms with Crippen molar-refractivity contribution in [2.75, 3.05) is 25.1 Å². The summed E-state index contributed by atoms with van der Waals surface area (Å²) in [4.78, 5) is 8.73. The Hall–Kier alpha value is -3.56. The molecule has 0 fully saturated rings. The second-order valence-electron chi connectivity index (χ2n) is 7.92. The summed E-state index contributed by atoms with van der Waals surface area (Å²) >= 11 is 0. The predicted molar refractivity (Wildman–Crippen MR) is 126 cm³/mol. The van der Waals surface area contributed by atoms with Crippen LogP contribution in [0.4, 0.5) is 20.3 Å². The Morgan fingerprint density at radius 3 is 2.71 bits per heavy atom. The molecule has 178 valence electrons. The fraction of sp³-hybridized carbons (Fsp3) is 0.280. The molecule has 4 rings (SSSR count). The highest BCUT2D eigenvalue weighted by Gasteiger charge is 2.24. The number of rotatable bonds is 10. The summed E-state index contributed by atoms with van der Waals surface area (Å²) in [5.74, 6) is -1.38. The fourth-order valence-corrected chi connectivity index (χ4v) is 3.58. The molecule has 2 aromatic heterocycles. The van der Waals surface area contributed by atoms with Crippen LogP contribution in [0.2, 0.25) is 0 Å². The van der Waals surface area contributed by atoms with Gasteiger partial charge in [0.25, 0.3) is 5.92 Å². The zero-order valence-electron chi connectivity index (χ0n) is 19.0. The average molecular weight is 469 g/mol. The molecule has 0 amide bonds. The minimum absolute atomic E-state index is 0.0160. The van der Waals surface area contributed by atoms with Crippen molar-refractivity contribution >= 4 is 22.5 Å². The van der Waals surface area contributed by atoms with Gasteiger partial charge in [0.05, 0.1) is 25.3 Å². The number of benzene rings is 2. The maximum absolute atomic E-state index is 13.6. The zero-order chi connectivity index (χ0) is 24.1. The summed E-state index contributed by atoms with van der Waals surface area (Å²) in [6.45, 7) is 4.07. The molecule has 0 aliphatic heterocycles. The molecule has 0 saturated carbocycles. The maximum Gasteiger partial charge on any atom is 0.270 e. The number of halogens is 2. The first kappa shape index (κ1) is 23.6. The molecule has 0 atom stereocenters. The predicted octanol–water partition coefficient (Wildman–Crippen LogP) is 5.40. The second kappa shape index (κ2) is 10.1. The molecule has 0 saturated heterocycles. The first-order valence-electron chi connectivity index (χ1n) is 10.9. The summed E-state index contributed by atoms with van der Waals surface area (Å²) in [5, 5.41) is 12.2. The minimum atomic E-state index is -2.94. The van der Waals surface area contributed by atoms with Gasteiger partial charge in [-0.2, -0.15) is 0 Å². The van der Waals surface area contributed by atoms with Gasteiger partial charge < -0.3 is 24.5 Å². The third kappa shape index (κ3) is 5.49. The van der Waals surface area contributed by atoms with E-state index >= 15 is 0 Å². The van der Waals surface area contributed by atoms with Gasteiger partial charge in [0, 0.05) is 30.9 Å². The van der Waals surface area contributed by atoms with E-state index in [1.807, 2.05) is 35.9 Å². The van der Waals surface area contributed by atoms with Crippen LogP contribution in [0.25, 0.3) is 11.0 Å². The number of hydrogen-bond acceptors (Lipinski definition) is 6. The Bertz CT molecular complexity index is 1270. The highest BCUT2D eigenvalue weighted by Crippen LogP contribution is 2.33. The van der Waals surface area contributed by atoms with Crippen LogP contribution in [0.15, 0.2) is 61.1 Å². The number of aliphatic hydroxyl groups is 1. The summed E-state index contributed by atoms with van der Waals surface area (Å²) in [7, 11) is 0. The molecular weight excluding hydrogens is 442 g/mol. The monoisotopic (exact) mass is 468 g/mol. The number of nitrogens with zero attached hydrogens (tertiary/aromatic N) is 3. The van der Waals surface area contributed by atoms with Crippen molar-refractivity contribution in [3.63, 3.8) is 0 Å². The Kier molecular flexibility index (Phi) is 7.04. The third-order valence-corrected chi connectivity index (χ3v) is 5.27. The van der Waals surface area contributed by atoms with E-state index in [2.05, 4.69) is 15.3 Å². The van der Waals surface area contributed by atoms with Crippen LogP contribution >= 0.6 is 0 Å². The number of alkyl halides is 2. The van der Waals surface area contributed by atoms with Crippen LogP contribution in [0.1, 0.15) is 18.1 Å². The molecule has 0 spiro atoms. The van der Waals surface area contributed by atoms with Gasteiger partial charge in [0.1, 0.15) is 23.3 Å². The Morgan fingerprint density at radius 1 is 1.09 bits per heavy atom. The van der Waals surface area contributed by atoms with E-state index in [0.717, 1.165) is 29.2 Å². The van der Waals surface area contributed by atoms with Crippen LogP contribution in [0.5, 0.6) is 11.5 Å². The Morgan fingerprint density at radius 2 is 1.94 bits per heavy atom. The van der Waals surface area contributed by atoms with Crippen molar-refractivity contribution in [1.82, 2.24) is 14.5 Å². The van der Waals surface area contributed by atoms with E-state index in [9.17, 15) is 8.78 Å². The molecular formula is C25H26F2N4O3. The summed E-state index contributed by atoms with van der Waals surface area (Å²) in [6, 6.07) is 13.4. The quantitative estimate of drug-likeness (QED) is 0.304. The lowest BCUT2D eigenvalue weighted by molar-refractivity contribution is 0.0173. The first-order valence-corrected chi connectivity index (χ1v) is 10.9. The third-order valence-electron chi connectivity index (χ3n) is 5.27. The normalized spacial score (nSPS) is 11.7. The van der Waals surface area contributed by atoms with E-state index in [1.54, 1.807) is 18.2 Å². The number of aromatic nitrogens is 3. The van der Waals surface area contributed by atoms with E-state index in [-0.39, 0.29) is 12.2 Å². The fourth-order valence-electron chi connectivity index (χ4n) is 3.58. The van der Waals surface area contributed by atoms with Crippen LogP contribution in [0.3, 0.4) is 0 Å². The Labute approximate surface area is 196 Å². The molecule has 2 N–H and O–H groups in total. The standard InChI is InChI=1S/C25H26F2N4O3/c1-17-14-19(6-7-22(17)34-20-5-3-4-18(15-20)25(2,26)27)30-24-23-21(28-16-29-24)8-9-31(23)10-12-33-13-11-32/h3-9,14-16,32H,10-13H2,1-2H3,(H,28,29,30). The van der Waals surface area contributed by atoms with Gasteiger partial charge in [-0.25, -0.2) is 18.7 Å². The molecule has 2 heterocycles. The Balaban J connectivity index is 1.52. The smallest absolute Gasteiger partial charge is 0.270 e. The molecule has 7 nitrogen and oxygen atoms in total. The highest BCUT2D eigenvalue weighted by atomic mass is 19.3. The number of nitrogens with one attached hydrogen (secondary N) is 1. The van der Waals surface area contributed by atoms with Gasteiger partial charge in [-0.15, -0.1) is 0 Å². The van der Waals surface area contributed by atoms with E-state index in [1.165, 1.54) is 18.5 Å². The summed E-state index contributed by atoms with van der Waals surface area (Å²) < 4.78 is 40.5. The van der Waals surface area contributed by atoms with E-state index in [0.29, 0.717) is 37.1 Å². The number of ether oxygens (including phenoxy) is 2. The van der Waals surface area contributed by atoms with Crippen LogP contribution < -0.4 is 10.1 Å². The lowest BCUT2D eigenvalue weighted by Gasteiger charge is -2.15. The van der Waals surface area contributed by atoms with Gasteiger partial charge in [0.2, 0.25) is 0 Å². The molecule has 0 unspecified atom stereocenters. The molecule has 0 aliphatic carbocycles. The van der Waals surface area contributed by atoms with Crippen molar-refractivity contribution in [1.29, 1.82) is 0 Å². The molecule has 4 aromatic rings. The SMILES string of the molecule is Cc1cc(Nc2ncnc3ccn(CCOCCO)c23)ccc1Oc1cccc(C(C)(F)F)c1. The number of aliphatic hydroxyl groups excluding tert-OH is 1. The molecule has 9 heteroatoms. The zero-order valence-corrected chi connectivity index (χ0v) is 19.0. The molecule has 34 heavy (non-hydrogen) atoms. The van der Waals surface area contributed by atoms with Crippen molar-refractivity contribution in [3.05, 3.63) is 72.2 Å². The maximum atomic E-state index is 13.6. The van der Waals surface area contributed by atoms with Gasteiger partial charge in [-0.05, 0) is 48.9 Å². The lowest BCUT2D eigenvalue weighted by atomic mass is 10.1.